The number of benzene rings is 2. The fourth-order valence-corrected chi connectivity index (χ4v) is 3.74. The van der Waals surface area contributed by atoms with E-state index < -0.39 is 23.4 Å². The Bertz CT molecular complexity index is 860. The van der Waals surface area contributed by atoms with Gasteiger partial charge in [0.15, 0.2) is 17.4 Å². The fraction of sp³-hybridized carbons (Fsp3) is 0.235. The van der Waals surface area contributed by atoms with E-state index in [9.17, 15) is 13.6 Å². The van der Waals surface area contributed by atoms with Gasteiger partial charge in [-0.25, -0.2) is 13.6 Å². The first-order valence-electron chi connectivity index (χ1n) is 7.42. The summed E-state index contributed by atoms with van der Waals surface area (Å²) in [6, 6.07) is 8.34. The molecule has 2 aromatic carbocycles. The lowest BCUT2D eigenvalue weighted by atomic mass is 9.90. The average molecular weight is 395 g/mol. The smallest absolute Gasteiger partial charge is 0.325 e. The molecule has 2 aromatic rings. The molecule has 7 heteroatoms. The number of urea groups is 1. The zero-order valence-corrected chi connectivity index (χ0v) is 14.2. The molecule has 2 atom stereocenters. The molecule has 0 aliphatic carbocycles. The van der Waals surface area contributed by atoms with E-state index in [-0.39, 0.29) is 11.7 Å². The molecule has 0 radical (unpaired) electrons. The number of nitrogens with zero attached hydrogens (tertiary/aromatic N) is 1. The fourth-order valence-electron chi connectivity index (χ4n) is 3.36. The molecule has 4 nitrogen and oxygen atoms in total. The van der Waals surface area contributed by atoms with Crippen molar-refractivity contribution >= 4 is 27.6 Å². The molecule has 1 N–H and O–H groups in total. The first-order chi connectivity index (χ1) is 11.4. The van der Waals surface area contributed by atoms with E-state index in [1.54, 1.807) is 6.92 Å². The summed E-state index contributed by atoms with van der Waals surface area (Å²) in [4.78, 5) is 13.9. The molecule has 0 unspecified atom stereocenters. The molecule has 2 aliphatic heterocycles. The van der Waals surface area contributed by atoms with Gasteiger partial charge >= 0.3 is 6.03 Å². The number of nitrogens with one attached hydrogen (secondary N) is 1. The first-order valence-corrected chi connectivity index (χ1v) is 8.21. The zero-order valence-electron chi connectivity index (χ0n) is 12.6. The molecule has 24 heavy (non-hydrogen) atoms. The number of rotatable bonds is 1. The highest BCUT2D eigenvalue weighted by atomic mass is 79.9. The minimum atomic E-state index is -1.01. The molecule has 2 aliphatic rings. The molecule has 2 amide bonds. The summed E-state index contributed by atoms with van der Waals surface area (Å²) >= 11 is 3.42. The summed E-state index contributed by atoms with van der Waals surface area (Å²) in [5.74, 6) is -1.31. The second kappa shape index (κ2) is 5.17. The zero-order chi connectivity index (χ0) is 17.1. The highest BCUT2D eigenvalue weighted by Crippen LogP contribution is 2.46. The van der Waals surface area contributed by atoms with E-state index in [0.29, 0.717) is 12.2 Å². The number of hydrogen-bond donors (Lipinski definition) is 1. The summed E-state index contributed by atoms with van der Waals surface area (Å²) in [5, 5.41) is 2.91. The largest absolute Gasteiger partial charge is 0.467 e. The number of hydrogen-bond acceptors (Lipinski definition) is 2. The van der Waals surface area contributed by atoms with Crippen molar-refractivity contribution in [1.29, 1.82) is 0 Å². The SMILES string of the molecule is C[C@@]12C[C@H](NC(=O)N1c1ccc(F)c(F)c1)c1cc(Br)ccc1O2. The van der Waals surface area contributed by atoms with Gasteiger partial charge in [0, 0.05) is 22.5 Å². The van der Waals surface area contributed by atoms with Crippen LogP contribution >= 0.6 is 15.9 Å². The summed E-state index contributed by atoms with van der Waals surface area (Å²) in [5.41, 5.74) is 0.144. The van der Waals surface area contributed by atoms with Gasteiger partial charge in [-0.3, -0.25) is 4.90 Å². The molecule has 0 aromatic heterocycles. The van der Waals surface area contributed by atoms with Gasteiger partial charge in [0.25, 0.3) is 0 Å². The number of fused-ring (bicyclic) bond motifs is 4. The van der Waals surface area contributed by atoms with Crippen molar-refractivity contribution in [3.63, 3.8) is 0 Å². The van der Waals surface area contributed by atoms with Crippen LogP contribution in [-0.2, 0) is 0 Å². The second-order valence-corrected chi connectivity index (χ2v) is 7.01. The molecule has 2 bridgehead atoms. The average Bonchev–Trinajstić information content (AvgIpc) is 2.51. The third kappa shape index (κ3) is 2.26. The quantitative estimate of drug-likeness (QED) is 0.773. The van der Waals surface area contributed by atoms with Crippen molar-refractivity contribution in [2.45, 2.75) is 25.1 Å². The lowest BCUT2D eigenvalue weighted by molar-refractivity contribution is 0.0378. The molecule has 0 spiro atoms. The predicted molar refractivity (Wildman–Crippen MR) is 87.9 cm³/mol. The van der Waals surface area contributed by atoms with Crippen LogP contribution in [0.1, 0.15) is 24.9 Å². The van der Waals surface area contributed by atoms with Crippen LogP contribution in [0.25, 0.3) is 0 Å². The highest BCUT2D eigenvalue weighted by Gasteiger charge is 2.50. The lowest BCUT2D eigenvalue weighted by Crippen LogP contribution is -2.65. The van der Waals surface area contributed by atoms with Crippen LogP contribution in [0.4, 0.5) is 19.3 Å². The van der Waals surface area contributed by atoms with Crippen LogP contribution in [0.2, 0.25) is 0 Å². The van der Waals surface area contributed by atoms with Gasteiger partial charge in [-0.1, -0.05) is 15.9 Å². The van der Waals surface area contributed by atoms with Gasteiger partial charge in [-0.15, -0.1) is 0 Å². The van der Waals surface area contributed by atoms with Crippen molar-refractivity contribution in [3.8, 4) is 5.75 Å². The minimum Gasteiger partial charge on any atom is -0.467 e. The number of carbonyl (C=O) groups is 1. The van der Waals surface area contributed by atoms with Gasteiger partial charge in [0.2, 0.25) is 0 Å². The Morgan fingerprint density at radius 2 is 2.04 bits per heavy atom. The third-order valence-corrected chi connectivity index (χ3v) is 4.89. The molecule has 4 rings (SSSR count). The molecule has 1 saturated heterocycles. The van der Waals surface area contributed by atoms with Gasteiger partial charge in [0.05, 0.1) is 11.7 Å². The van der Waals surface area contributed by atoms with Crippen LogP contribution in [0.15, 0.2) is 40.9 Å². The minimum absolute atomic E-state index is 0.203. The monoisotopic (exact) mass is 394 g/mol. The predicted octanol–water partition coefficient (Wildman–Crippen LogP) is 4.50. The van der Waals surface area contributed by atoms with Crippen LogP contribution in [0, 0.1) is 11.6 Å². The highest BCUT2D eigenvalue weighted by molar-refractivity contribution is 9.10. The molecular weight excluding hydrogens is 382 g/mol. The van der Waals surface area contributed by atoms with Gasteiger partial charge < -0.3 is 10.1 Å². The maximum Gasteiger partial charge on any atom is 0.325 e. The molecule has 1 fully saturated rings. The first kappa shape index (κ1) is 15.4. The Kier molecular flexibility index (Phi) is 3.32. The van der Waals surface area contributed by atoms with E-state index in [0.717, 1.165) is 22.2 Å². The Morgan fingerprint density at radius 1 is 1.25 bits per heavy atom. The van der Waals surface area contributed by atoms with Crippen LogP contribution in [-0.4, -0.2) is 11.8 Å². The number of anilines is 1. The van der Waals surface area contributed by atoms with Crippen molar-refractivity contribution in [3.05, 3.63) is 58.1 Å². The Balaban J connectivity index is 1.80. The summed E-state index contributed by atoms with van der Waals surface area (Å²) in [7, 11) is 0. The molecule has 2 heterocycles. The maximum atomic E-state index is 13.6. The summed E-state index contributed by atoms with van der Waals surface area (Å²) < 4.78 is 33.8. The van der Waals surface area contributed by atoms with Crippen molar-refractivity contribution in [2.24, 2.45) is 0 Å². The van der Waals surface area contributed by atoms with E-state index in [4.69, 9.17) is 4.74 Å². The van der Waals surface area contributed by atoms with Crippen molar-refractivity contribution < 1.29 is 18.3 Å². The number of halogens is 3. The Morgan fingerprint density at radius 3 is 2.79 bits per heavy atom. The van der Waals surface area contributed by atoms with E-state index in [2.05, 4.69) is 21.2 Å². The van der Waals surface area contributed by atoms with Crippen LogP contribution in [0.3, 0.4) is 0 Å². The van der Waals surface area contributed by atoms with Crippen molar-refractivity contribution in [2.75, 3.05) is 4.90 Å². The Hall–Kier alpha value is -2.15. The second-order valence-electron chi connectivity index (χ2n) is 6.10. The normalized spacial score (nSPS) is 24.9. The number of carbonyl (C=O) groups excluding carboxylic acids is 1. The van der Waals surface area contributed by atoms with Gasteiger partial charge in [-0.2, -0.15) is 0 Å². The van der Waals surface area contributed by atoms with Crippen LogP contribution in [0.5, 0.6) is 5.75 Å². The number of amides is 2. The molecular formula is C17H13BrF2N2O2. The molecule has 124 valence electrons. The topological polar surface area (TPSA) is 41.6 Å². The number of ether oxygens (including phenoxy) is 1. The van der Waals surface area contributed by atoms with E-state index >= 15 is 0 Å². The summed E-state index contributed by atoms with van der Waals surface area (Å²) in [6.07, 6.45) is 0.487. The summed E-state index contributed by atoms with van der Waals surface area (Å²) in [6.45, 7) is 1.77. The standard InChI is InChI=1S/C17H13BrF2N2O2/c1-17-8-14(11-6-9(18)2-5-15(11)24-17)21-16(23)22(17)10-3-4-12(19)13(20)7-10/h2-7,14H,8H2,1H3,(H,21,23)/t14-,17+/m0/s1. The van der Waals surface area contributed by atoms with Gasteiger partial charge in [-0.05, 0) is 37.3 Å². The lowest BCUT2D eigenvalue weighted by Gasteiger charge is -2.50. The molecule has 0 saturated carbocycles. The van der Waals surface area contributed by atoms with Crippen LogP contribution < -0.4 is 15.0 Å². The third-order valence-electron chi connectivity index (χ3n) is 4.40. The maximum absolute atomic E-state index is 13.6. The Labute approximate surface area is 145 Å². The van der Waals surface area contributed by atoms with E-state index in [1.807, 2.05) is 18.2 Å². The van der Waals surface area contributed by atoms with Gasteiger partial charge in [0.1, 0.15) is 5.75 Å². The van der Waals surface area contributed by atoms with E-state index in [1.165, 1.54) is 11.0 Å². The van der Waals surface area contributed by atoms with Crippen molar-refractivity contribution in [1.82, 2.24) is 5.32 Å².